The molecule has 2 rings (SSSR count). The number of anilines is 2. The van der Waals surface area contributed by atoms with Crippen LogP contribution >= 0.6 is 0 Å². The van der Waals surface area contributed by atoms with Crippen molar-refractivity contribution < 1.29 is 4.74 Å². The molecule has 2 N–H and O–H groups in total. The number of nitrogens with one attached hydrogen (secondary N) is 2. The molecule has 2 heterocycles. The van der Waals surface area contributed by atoms with E-state index in [1.807, 2.05) is 6.07 Å². The van der Waals surface area contributed by atoms with Gasteiger partial charge in [0.05, 0.1) is 12.1 Å². The molecule has 1 aromatic rings. The molecule has 0 bridgehead atoms. The Balaban J connectivity index is 2.04. The first-order valence-corrected chi connectivity index (χ1v) is 7.73. The Morgan fingerprint density at radius 3 is 2.80 bits per heavy atom. The van der Waals surface area contributed by atoms with Gasteiger partial charge in [0.15, 0.2) is 0 Å². The summed E-state index contributed by atoms with van der Waals surface area (Å²) in [5.41, 5.74) is 0. The highest BCUT2D eigenvalue weighted by molar-refractivity contribution is 5.48. The number of nitrogens with zero attached hydrogens (tertiary/aromatic N) is 2. The van der Waals surface area contributed by atoms with E-state index in [4.69, 9.17) is 4.74 Å². The summed E-state index contributed by atoms with van der Waals surface area (Å²) in [7, 11) is 0. The molecule has 0 spiro atoms. The molecule has 0 saturated carbocycles. The van der Waals surface area contributed by atoms with Gasteiger partial charge in [-0.2, -0.15) is 0 Å². The minimum absolute atomic E-state index is 0.274. The van der Waals surface area contributed by atoms with Crippen LogP contribution in [0.1, 0.15) is 45.9 Å². The maximum atomic E-state index is 5.72. The van der Waals surface area contributed by atoms with E-state index in [2.05, 4.69) is 41.4 Å². The Hall–Kier alpha value is -1.36. The molecule has 1 aliphatic heterocycles. The molecule has 1 saturated heterocycles. The van der Waals surface area contributed by atoms with Crippen LogP contribution in [0, 0.1) is 0 Å². The highest BCUT2D eigenvalue weighted by Gasteiger charge is 2.22. The fourth-order valence-electron chi connectivity index (χ4n) is 2.40. The summed E-state index contributed by atoms with van der Waals surface area (Å²) in [5.74, 6) is 2.66. The van der Waals surface area contributed by atoms with E-state index >= 15 is 0 Å². The first-order chi connectivity index (χ1) is 9.72. The Labute approximate surface area is 121 Å². The molecular weight excluding hydrogens is 252 g/mol. The van der Waals surface area contributed by atoms with Crippen LogP contribution in [0.5, 0.6) is 0 Å². The summed E-state index contributed by atoms with van der Waals surface area (Å²) in [5, 5.41) is 6.79. The van der Waals surface area contributed by atoms with Crippen LogP contribution in [0.2, 0.25) is 0 Å². The van der Waals surface area contributed by atoms with Gasteiger partial charge in [-0.25, -0.2) is 9.97 Å². The number of aryl methyl sites for hydroxylation is 1. The lowest BCUT2D eigenvalue weighted by atomic mass is 10.1. The third-order valence-electron chi connectivity index (χ3n) is 3.54. The molecule has 0 radical (unpaired) electrons. The SMILES string of the molecule is CCCNc1cc(NC(C)C2CCCO2)nc(CC)n1. The van der Waals surface area contributed by atoms with Crippen molar-refractivity contribution in [2.45, 2.75) is 58.6 Å². The Kier molecular flexibility index (Phi) is 5.59. The molecule has 1 aromatic heterocycles. The summed E-state index contributed by atoms with van der Waals surface area (Å²) < 4.78 is 5.72. The van der Waals surface area contributed by atoms with Gasteiger partial charge in [-0.05, 0) is 26.2 Å². The molecule has 1 aliphatic rings. The van der Waals surface area contributed by atoms with Crippen molar-refractivity contribution in [3.8, 4) is 0 Å². The highest BCUT2D eigenvalue weighted by atomic mass is 16.5. The second-order valence-corrected chi connectivity index (χ2v) is 5.32. The van der Waals surface area contributed by atoms with Crippen molar-refractivity contribution in [3.63, 3.8) is 0 Å². The number of ether oxygens (including phenoxy) is 1. The zero-order valence-corrected chi connectivity index (χ0v) is 12.8. The Morgan fingerprint density at radius 2 is 2.15 bits per heavy atom. The third-order valence-corrected chi connectivity index (χ3v) is 3.54. The molecule has 0 aromatic carbocycles. The first-order valence-electron chi connectivity index (χ1n) is 7.73. The fraction of sp³-hybridized carbons (Fsp3) is 0.733. The smallest absolute Gasteiger partial charge is 0.132 e. The van der Waals surface area contributed by atoms with Crippen molar-refractivity contribution in [2.24, 2.45) is 0 Å². The molecule has 2 atom stereocenters. The predicted octanol–water partition coefficient (Wildman–Crippen LogP) is 2.84. The van der Waals surface area contributed by atoms with E-state index in [0.717, 1.165) is 56.3 Å². The quantitative estimate of drug-likeness (QED) is 0.803. The molecule has 112 valence electrons. The van der Waals surface area contributed by atoms with E-state index in [9.17, 15) is 0 Å². The van der Waals surface area contributed by atoms with E-state index in [1.165, 1.54) is 0 Å². The van der Waals surface area contributed by atoms with Gasteiger partial charge in [0.2, 0.25) is 0 Å². The lowest BCUT2D eigenvalue weighted by Gasteiger charge is -2.21. The monoisotopic (exact) mass is 278 g/mol. The molecule has 5 heteroatoms. The van der Waals surface area contributed by atoms with E-state index in [0.29, 0.717) is 6.10 Å². The van der Waals surface area contributed by atoms with Gasteiger partial charge in [-0.15, -0.1) is 0 Å². The number of rotatable bonds is 7. The first kappa shape index (κ1) is 15.0. The molecular formula is C15H26N4O. The van der Waals surface area contributed by atoms with Crippen LogP contribution < -0.4 is 10.6 Å². The minimum Gasteiger partial charge on any atom is -0.376 e. The zero-order valence-electron chi connectivity index (χ0n) is 12.8. The number of aromatic nitrogens is 2. The zero-order chi connectivity index (χ0) is 14.4. The number of hydrogen-bond acceptors (Lipinski definition) is 5. The van der Waals surface area contributed by atoms with Crippen LogP contribution in [0.3, 0.4) is 0 Å². The lowest BCUT2D eigenvalue weighted by molar-refractivity contribution is 0.0995. The second kappa shape index (κ2) is 7.43. The van der Waals surface area contributed by atoms with Crippen molar-refractivity contribution in [1.82, 2.24) is 9.97 Å². The highest BCUT2D eigenvalue weighted by Crippen LogP contribution is 2.19. The summed E-state index contributed by atoms with van der Waals surface area (Å²) in [6.07, 6.45) is 4.50. The molecule has 2 unspecified atom stereocenters. The van der Waals surface area contributed by atoms with Crippen molar-refractivity contribution in [1.29, 1.82) is 0 Å². The van der Waals surface area contributed by atoms with E-state index in [-0.39, 0.29) is 6.04 Å². The second-order valence-electron chi connectivity index (χ2n) is 5.32. The predicted molar refractivity (Wildman–Crippen MR) is 82.2 cm³/mol. The maximum Gasteiger partial charge on any atom is 0.132 e. The number of hydrogen-bond donors (Lipinski definition) is 2. The summed E-state index contributed by atoms with van der Waals surface area (Å²) in [6.45, 7) is 8.19. The Bertz CT molecular complexity index is 418. The van der Waals surface area contributed by atoms with Crippen LogP contribution in [-0.4, -0.2) is 35.3 Å². The Morgan fingerprint density at radius 1 is 1.35 bits per heavy atom. The van der Waals surface area contributed by atoms with Crippen molar-refractivity contribution >= 4 is 11.6 Å². The average molecular weight is 278 g/mol. The van der Waals surface area contributed by atoms with Crippen LogP contribution in [0.4, 0.5) is 11.6 Å². The van der Waals surface area contributed by atoms with Crippen LogP contribution in [0.15, 0.2) is 6.07 Å². The molecule has 20 heavy (non-hydrogen) atoms. The van der Waals surface area contributed by atoms with Crippen LogP contribution in [0.25, 0.3) is 0 Å². The fourth-order valence-corrected chi connectivity index (χ4v) is 2.40. The minimum atomic E-state index is 0.274. The van der Waals surface area contributed by atoms with Gasteiger partial charge in [0, 0.05) is 25.6 Å². The van der Waals surface area contributed by atoms with Gasteiger partial charge >= 0.3 is 0 Å². The van der Waals surface area contributed by atoms with Crippen molar-refractivity contribution in [2.75, 3.05) is 23.8 Å². The van der Waals surface area contributed by atoms with Gasteiger partial charge in [-0.3, -0.25) is 0 Å². The normalized spacial score (nSPS) is 19.9. The third kappa shape index (κ3) is 4.07. The lowest BCUT2D eigenvalue weighted by Crippen LogP contribution is -2.30. The molecule has 5 nitrogen and oxygen atoms in total. The summed E-state index contributed by atoms with van der Waals surface area (Å²) in [4.78, 5) is 9.05. The van der Waals surface area contributed by atoms with Gasteiger partial charge in [-0.1, -0.05) is 13.8 Å². The van der Waals surface area contributed by atoms with Crippen molar-refractivity contribution in [3.05, 3.63) is 11.9 Å². The molecule has 0 aliphatic carbocycles. The van der Waals surface area contributed by atoms with Crippen LogP contribution in [-0.2, 0) is 11.2 Å². The van der Waals surface area contributed by atoms with E-state index < -0.39 is 0 Å². The standard InChI is InChI=1S/C15H26N4O/c1-4-8-16-14-10-15(19-13(5-2)18-14)17-11(3)12-7-6-9-20-12/h10-12H,4-9H2,1-3H3,(H2,16,17,18,19). The molecule has 0 amide bonds. The molecule has 1 fully saturated rings. The van der Waals surface area contributed by atoms with E-state index in [1.54, 1.807) is 0 Å². The average Bonchev–Trinajstić information content (AvgIpc) is 2.99. The van der Waals surface area contributed by atoms with Gasteiger partial charge < -0.3 is 15.4 Å². The largest absolute Gasteiger partial charge is 0.376 e. The maximum absolute atomic E-state index is 5.72. The van der Waals surface area contributed by atoms with Gasteiger partial charge in [0.25, 0.3) is 0 Å². The topological polar surface area (TPSA) is 59.1 Å². The van der Waals surface area contributed by atoms with Gasteiger partial charge in [0.1, 0.15) is 17.5 Å². The summed E-state index contributed by atoms with van der Waals surface area (Å²) in [6, 6.07) is 2.26. The summed E-state index contributed by atoms with van der Waals surface area (Å²) >= 11 is 0.